The predicted molar refractivity (Wildman–Crippen MR) is 136 cm³/mol. The Morgan fingerprint density at radius 1 is 1.00 bits per heavy atom. The standard InChI is InChI=1S/C27H28F2N6O2/c28-21-14-19-16(4-5-31-27(19)36)13-20(21)24-26(30)33-25(29)23(32-24)17-2-3-22(35-8-10-37-11-9-35)18(12-17)15-34-6-1-7-34/h2-3,12-14H,1,4-11,15H2,(H2,30,33)(H,31,36). The number of amides is 1. The Bertz CT molecular complexity index is 1370. The van der Waals surface area contributed by atoms with Crippen molar-refractivity contribution in [1.82, 2.24) is 20.2 Å². The highest BCUT2D eigenvalue weighted by atomic mass is 19.1. The van der Waals surface area contributed by atoms with Gasteiger partial charge in [0.05, 0.1) is 13.2 Å². The van der Waals surface area contributed by atoms with Crippen LogP contribution in [-0.4, -0.2) is 66.7 Å². The van der Waals surface area contributed by atoms with E-state index < -0.39 is 11.8 Å². The lowest BCUT2D eigenvalue weighted by molar-refractivity contribution is 0.0945. The molecule has 1 amide bonds. The summed E-state index contributed by atoms with van der Waals surface area (Å²) in [5, 5.41) is 2.71. The number of likely N-dealkylation sites (tertiary alicyclic amines) is 1. The number of nitrogens with one attached hydrogen (secondary N) is 1. The maximum absolute atomic E-state index is 15.1. The average molecular weight is 507 g/mol. The number of nitrogen functional groups attached to an aromatic ring is 1. The molecule has 3 N–H and O–H groups in total. The molecule has 3 aromatic rings. The normalized spacial score (nSPS) is 17.8. The second-order valence-electron chi connectivity index (χ2n) is 9.66. The molecule has 37 heavy (non-hydrogen) atoms. The van der Waals surface area contributed by atoms with E-state index in [2.05, 4.69) is 25.1 Å². The molecule has 0 unspecified atom stereocenters. The maximum atomic E-state index is 15.1. The van der Waals surface area contributed by atoms with Crippen molar-refractivity contribution in [3.63, 3.8) is 0 Å². The minimum absolute atomic E-state index is 0.0115. The van der Waals surface area contributed by atoms with Crippen molar-refractivity contribution in [2.45, 2.75) is 19.4 Å². The topological polar surface area (TPSA) is 96.6 Å². The molecule has 0 radical (unpaired) electrons. The Hall–Kier alpha value is -3.63. The Kier molecular flexibility index (Phi) is 6.21. The van der Waals surface area contributed by atoms with E-state index in [1.165, 1.54) is 12.5 Å². The number of carbonyl (C=O) groups is 1. The summed E-state index contributed by atoms with van der Waals surface area (Å²) >= 11 is 0. The van der Waals surface area contributed by atoms with E-state index in [-0.39, 0.29) is 34.2 Å². The van der Waals surface area contributed by atoms with Crippen molar-refractivity contribution < 1.29 is 18.3 Å². The zero-order chi connectivity index (χ0) is 25.5. The van der Waals surface area contributed by atoms with Gasteiger partial charge in [-0.25, -0.2) is 9.37 Å². The van der Waals surface area contributed by atoms with Crippen LogP contribution in [0.15, 0.2) is 30.3 Å². The first-order chi connectivity index (χ1) is 18.0. The highest BCUT2D eigenvalue weighted by Gasteiger charge is 2.25. The number of nitrogens with zero attached hydrogens (tertiary/aromatic N) is 4. The van der Waals surface area contributed by atoms with E-state index >= 15 is 8.78 Å². The third kappa shape index (κ3) is 4.51. The van der Waals surface area contributed by atoms with E-state index in [1.54, 1.807) is 6.07 Å². The fourth-order valence-electron chi connectivity index (χ4n) is 5.19. The van der Waals surface area contributed by atoms with Crippen LogP contribution in [0.2, 0.25) is 0 Å². The molecule has 3 aliphatic rings. The maximum Gasteiger partial charge on any atom is 0.251 e. The van der Waals surface area contributed by atoms with Gasteiger partial charge in [-0.2, -0.15) is 9.37 Å². The van der Waals surface area contributed by atoms with Crippen LogP contribution < -0.4 is 16.0 Å². The first-order valence-corrected chi connectivity index (χ1v) is 12.6. The minimum Gasteiger partial charge on any atom is -0.382 e. The molecule has 1 aromatic heterocycles. The van der Waals surface area contributed by atoms with E-state index in [0.29, 0.717) is 37.3 Å². The summed E-state index contributed by atoms with van der Waals surface area (Å²) in [6.45, 7) is 6.19. The molecule has 8 nitrogen and oxygen atoms in total. The number of aromatic nitrogens is 2. The van der Waals surface area contributed by atoms with Crippen molar-refractivity contribution in [2.75, 3.05) is 56.6 Å². The first kappa shape index (κ1) is 23.7. The average Bonchev–Trinajstić information content (AvgIpc) is 2.87. The molecular formula is C27H28F2N6O2. The lowest BCUT2D eigenvalue weighted by Gasteiger charge is -2.35. The molecule has 4 heterocycles. The highest BCUT2D eigenvalue weighted by molar-refractivity contribution is 5.97. The summed E-state index contributed by atoms with van der Waals surface area (Å²) in [7, 11) is 0. The molecule has 2 fully saturated rings. The molecule has 6 rings (SSSR count). The second kappa shape index (κ2) is 9.68. The fraction of sp³-hybridized carbons (Fsp3) is 0.370. The Balaban J connectivity index is 1.42. The summed E-state index contributed by atoms with van der Waals surface area (Å²) in [5.74, 6) is -1.99. The Morgan fingerprint density at radius 2 is 1.81 bits per heavy atom. The quantitative estimate of drug-likeness (QED) is 0.549. The largest absolute Gasteiger partial charge is 0.382 e. The number of halogens is 2. The number of benzene rings is 2. The third-order valence-electron chi connectivity index (χ3n) is 7.30. The van der Waals surface area contributed by atoms with Crippen LogP contribution in [0.5, 0.6) is 0 Å². The van der Waals surface area contributed by atoms with Crippen molar-refractivity contribution in [3.05, 3.63) is 58.8 Å². The number of morpholine rings is 1. The van der Waals surface area contributed by atoms with E-state index in [0.717, 1.165) is 44.0 Å². The second-order valence-corrected chi connectivity index (χ2v) is 9.66. The minimum atomic E-state index is -0.812. The van der Waals surface area contributed by atoms with Gasteiger partial charge in [0.2, 0.25) is 5.95 Å². The number of ether oxygens (including phenoxy) is 1. The highest BCUT2D eigenvalue weighted by Crippen LogP contribution is 2.34. The van der Waals surface area contributed by atoms with E-state index in [9.17, 15) is 4.79 Å². The number of fused-ring (bicyclic) bond motifs is 1. The SMILES string of the molecule is Nc1nc(F)c(-c2ccc(N3CCOCC3)c(CN3CCC3)c2)nc1-c1cc2c(cc1F)C(=O)NCC2. The van der Waals surface area contributed by atoms with E-state index in [1.807, 2.05) is 18.2 Å². The van der Waals surface area contributed by atoms with Crippen molar-refractivity contribution in [1.29, 1.82) is 0 Å². The molecule has 0 atom stereocenters. The van der Waals surface area contributed by atoms with Gasteiger partial charge in [0, 0.05) is 48.6 Å². The number of carbonyl (C=O) groups excluding carboxylic acids is 1. The fourth-order valence-corrected chi connectivity index (χ4v) is 5.19. The van der Waals surface area contributed by atoms with Gasteiger partial charge in [-0.3, -0.25) is 9.69 Å². The van der Waals surface area contributed by atoms with Crippen molar-refractivity contribution >= 4 is 17.4 Å². The van der Waals surface area contributed by atoms with Crippen LogP contribution in [0.25, 0.3) is 22.5 Å². The third-order valence-corrected chi connectivity index (χ3v) is 7.30. The number of hydrogen-bond acceptors (Lipinski definition) is 7. The van der Waals surface area contributed by atoms with Crippen LogP contribution in [0.3, 0.4) is 0 Å². The number of anilines is 2. The van der Waals surface area contributed by atoms with Gasteiger partial charge in [0.1, 0.15) is 17.2 Å². The van der Waals surface area contributed by atoms with Gasteiger partial charge in [-0.15, -0.1) is 0 Å². The molecule has 0 bridgehead atoms. The van der Waals surface area contributed by atoms with Crippen molar-refractivity contribution in [3.8, 4) is 22.5 Å². The van der Waals surface area contributed by atoms with Gasteiger partial charge in [-0.1, -0.05) is 6.07 Å². The predicted octanol–water partition coefficient (Wildman–Crippen LogP) is 3.00. The molecule has 2 saturated heterocycles. The van der Waals surface area contributed by atoms with Crippen molar-refractivity contribution in [2.24, 2.45) is 0 Å². The van der Waals surface area contributed by atoms with Gasteiger partial charge in [-0.05, 0) is 61.3 Å². The van der Waals surface area contributed by atoms with Crippen LogP contribution in [0.1, 0.15) is 27.9 Å². The molecule has 0 aliphatic carbocycles. The molecule has 0 saturated carbocycles. The summed E-state index contributed by atoms with van der Waals surface area (Å²) in [5.41, 5.74) is 9.91. The van der Waals surface area contributed by atoms with Crippen LogP contribution in [-0.2, 0) is 17.7 Å². The Morgan fingerprint density at radius 3 is 2.57 bits per heavy atom. The smallest absolute Gasteiger partial charge is 0.251 e. The number of hydrogen-bond donors (Lipinski definition) is 2. The molecule has 0 spiro atoms. The molecule has 192 valence electrons. The molecular weight excluding hydrogens is 478 g/mol. The first-order valence-electron chi connectivity index (χ1n) is 12.6. The number of rotatable bonds is 5. The van der Waals surface area contributed by atoms with Gasteiger partial charge in [0.25, 0.3) is 5.91 Å². The molecule has 10 heteroatoms. The zero-order valence-corrected chi connectivity index (χ0v) is 20.4. The van der Waals surface area contributed by atoms with Gasteiger partial charge < -0.3 is 20.7 Å². The lowest BCUT2D eigenvalue weighted by Crippen LogP contribution is -2.39. The van der Waals surface area contributed by atoms with Crippen LogP contribution in [0.4, 0.5) is 20.3 Å². The van der Waals surface area contributed by atoms with E-state index in [4.69, 9.17) is 10.5 Å². The molecule has 2 aromatic carbocycles. The summed E-state index contributed by atoms with van der Waals surface area (Å²) in [6.07, 6.45) is 1.72. The molecule has 3 aliphatic heterocycles. The van der Waals surface area contributed by atoms with Crippen LogP contribution in [0, 0.1) is 11.8 Å². The zero-order valence-electron chi connectivity index (χ0n) is 20.4. The van der Waals surface area contributed by atoms with Gasteiger partial charge >= 0.3 is 0 Å². The summed E-state index contributed by atoms with van der Waals surface area (Å²) in [6, 6.07) is 8.52. The van der Waals surface area contributed by atoms with Crippen LogP contribution >= 0.6 is 0 Å². The monoisotopic (exact) mass is 506 g/mol. The Labute approximate surface area is 213 Å². The lowest BCUT2D eigenvalue weighted by atomic mass is 9.96. The van der Waals surface area contributed by atoms with Gasteiger partial charge in [0.15, 0.2) is 5.82 Å². The summed E-state index contributed by atoms with van der Waals surface area (Å²) in [4.78, 5) is 25.1. The number of nitrogens with two attached hydrogens (primary N) is 1. The summed E-state index contributed by atoms with van der Waals surface area (Å²) < 4.78 is 35.8.